The minimum absolute atomic E-state index is 0.145. The molecule has 0 amide bonds. The van der Waals surface area contributed by atoms with Crippen LogP contribution in [0.5, 0.6) is 0 Å². The predicted octanol–water partition coefficient (Wildman–Crippen LogP) is 0.492. The van der Waals surface area contributed by atoms with Gasteiger partial charge in [0.25, 0.3) is 0 Å². The Labute approximate surface area is 98.4 Å². The molecule has 1 aromatic carbocycles. The lowest BCUT2D eigenvalue weighted by molar-refractivity contribution is -0.137. The van der Waals surface area contributed by atoms with Crippen LogP contribution in [0, 0.1) is 0 Å². The highest BCUT2D eigenvalue weighted by Crippen LogP contribution is 2.30. The third-order valence-corrected chi connectivity index (χ3v) is 2.41. The summed E-state index contributed by atoms with van der Waals surface area (Å²) in [5.41, 5.74) is -2.42. The van der Waals surface area contributed by atoms with Crippen molar-refractivity contribution in [3.63, 3.8) is 0 Å². The van der Waals surface area contributed by atoms with Crippen LogP contribution >= 0.6 is 0 Å². The molecule has 0 aliphatic carbocycles. The van der Waals surface area contributed by atoms with Crippen molar-refractivity contribution in [1.29, 1.82) is 0 Å². The zero-order chi connectivity index (χ0) is 13.5. The second-order valence-corrected chi connectivity index (χ2v) is 3.60. The first kappa shape index (κ1) is 12.7. The Morgan fingerprint density at radius 2 is 1.89 bits per heavy atom. The van der Waals surface area contributed by atoms with Gasteiger partial charge in [0.1, 0.15) is 5.58 Å². The molecule has 0 aliphatic rings. The molecule has 2 rings (SSSR count). The van der Waals surface area contributed by atoms with E-state index in [1.807, 2.05) is 0 Å². The van der Waals surface area contributed by atoms with Crippen LogP contribution in [0.1, 0.15) is 5.56 Å². The Morgan fingerprint density at radius 3 is 2.44 bits per heavy atom. The number of halogens is 3. The fourth-order valence-corrected chi connectivity index (χ4v) is 1.50. The monoisotopic (exact) mass is 258 g/mol. The van der Waals surface area contributed by atoms with Crippen molar-refractivity contribution in [2.45, 2.75) is 6.18 Å². The van der Waals surface area contributed by atoms with E-state index in [2.05, 4.69) is 0 Å². The van der Waals surface area contributed by atoms with E-state index in [1.165, 1.54) is 0 Å². The largest absolute Gasteiger partial charge is 0.495 e. The van der Waals surface area contributed by atoms with Gasteiger partial charge in [-0.05, 0) is 18.2 Å². The van der Waals surface area contributed by atoms with E-state index in [1.54, 1.807) is 0 Å². The number of fused-ring (bicyclic) bond motifs is 1. The fourth-order valence-electron chi connectivity index (χ4n) is 1.50. The molecule has 1 heterocycles. The summed E-state index contributed by atoms with van der Waals surface area (Å²) in [6.45, 7) is 0. The maximum atomic E-state index is 12.4. The van der Waals surface area contributed by atoms with Crippen LogP contribution in [0.15, 0.2) is 33.7 Å². The third-order valence-electron chi connectivity index (χ3n) is 2.41. The zero-order valence-electron chi connectivity index (χ0n) is 8.73. The number of hydrogen-bond donors (Lipinski definition) is 2. The highest BCUT2D eigenvalue weighted by atomic mass is 19.4. The van der Waals surface area contributed by atoms with Crippen molar-refractivity contribution in [3.8, 4) is 0 Å². The molecule has 0 fully saturated rings. The van der Waals surface area contributed by atoms with E-state index in [9.17, 15) is 18.0 Å². The smallest absolute Gasteiger partial charge is 0.464 e. The summed E-state index contributed by atoms with van der Waals surface area (Å²) in [6, 6.07) is 2.35. The molecule has 0 radical (unpaired) electrons. The van der Waals surface area contributed by atoms with Crippen LogP contribution in [-0.4, -0.2) is 17.2 Å². The highest BCUT2D eigenvalue weighted by Gasteiger charge is 2.31. The van der Waals surface area contributed by atoms with E-state index in [4.69, 9.17) is 14.5 Å². The summed E-state index contributed by atoms with van der Waals surface area (Å²) < 4.78 is 42.1. The second-order valence-electron chi connectivity index (χ2n) is 3.60. The number of hydrogen-bond acceptors (Lipinski definition) is 4. The second kappa shape index (κ2) is 4.15. The van der Waals surface area contributed by atoms with Crippen LogP contribution in [-0.2, 0) is 6.18 Å². The molecule has 18 heavy (non-hydrogen) atoms. The molecule has 0 unspecified atom stereocenters. The number of alkyl halides is 3. The van der Waals surface area contributed by atoms with Crippen molar-refractivity contribution in [2.75, 3.05) is 0 Å². The topological polar surface area (TPSA) is 70.7 Å². The molecule has 4 nitrogen and oxygen atoms in total. The molecule has 0 bridgehead atoms. The Balaban J connectivity index is 2.69. The first-order valence-electron chi connectivity index (χ1n) is 4.79. The number of rotatable bonds is 1. The van der Waals surface area contributed by atoms with Gasteiger partial charge < -0.3 is 14.5 Å². The van der Waals surface area contributed by atoms with Crippen molar-refractivity contribution in [3.05, 3.63) is 40.2 Å². The molecule has 94 valence electrons. The summed E-state index contributed by atoms with van der Waals surface area (Å²) in [7, 11) is -2.03. The van der Waals surface area contributed by atoms with E-state index in [0.717, 1.165) is 18.4 Å². The summed E-state index contributed by atoms with van der Waals surface area (Å²) in [6.07, 6.45) is -3.81. The molecule has 1 aromatic heterocycles. The van der Waals surface area contributed by atoms with Crippen LogP contribution in [0.2, 0.25) is 0 Å². The average molecular weight is 258 g/mol. The summed E-state index contributed by atoms with van der Waals surface area (Å²) >= 11 is 0. The minimum atomic E-state index is -4.54. The molecule has 0 saturated carbocycles. The van der Waals surface area contributed by atoms with Gasteiger partial charge in [-0.2, -0.15) is 13.2 Å². The van der Waals surface area contributed by atoms with Crippen molar-refractivity contribution in [2.24, 2.45) is 0 Å². The highest BCUT2D eigenvalue weighted by molar-refractivity contribution is 6.58. The van der Waals surface area contributed by atoms with E-state index < -0.39 is 29.7 Å². The molecule has 8 heteroatoms. The normalized spacial score (nSPS) is 11.8. The molecule has 0 saturated heterocycles. The van der Waals surface area contributed by atoms with Crippen LogP contribution in [0.3, 0.4) is 0 Å². The molecular formula is C10H6BF3O4. The van der Waals surface area contributed by atoms with Gasteiger partial charge in [-0.25, -0.2) is 0 Å². The Morgan fingerprint density at radius 1 is 1.22 bits per heavy atom. The molecule has 0 atom stereocenters. The summed E-state index contributed by atoms with van der Waals surface area (Å²) in [5, 5.41) is 17.6. The molecule has 2 aromatic rings. The minimum Gasteiger partial charge on any atom is -0.464 e. The fraction of sp³-hybridized carbons (Fsp3) is 0.100. The van der Waals surface area contributed by atoms with E-state index >= 15 is 0 Å². The van der Waals surface area contributed by atoms with Gasteiger partial charge >= 0.3 is 13.3 Å². The molecule has 0 spiro atoms. The molecular weight excluding hydrogens is 252 g/mol. The SMILES string of the molecule is O=c1c(B(O)O)coc2cc(C(F)(F)F)ccc12. The van der Waals surface area contributed by atoms with Gasteiger partial charge in [0.2, 0.25) is 0 Å². The molecule has 0 aliphatic heterocycles. The lowest BCUT2D eigenvalue weighted by atomic mass is 9.81. The van der Waals surface area contributed by atoms with Gasteiger partial charge in [0.05, 0.1) is 22.7 Å². The van der Waals surface area contributed by atoms with Crippen LogP contribution in [0.4, 0.5) is 13.2 Å². The third kappa shape index (κ3) is 2.12. The lowest BCUT2D eigenvalue weighted by Gasteiger charge is -2.07. The predicted molar refractivity (Wildman–Crippen MR) is 57.3 cm³/mol. The van der Waals surface area contributed by atoms with Crippen molar-refractivity contribution < 1.29 is 27.6 Å². The Hall–Kier alpha value is -1.80. The van der Waals surface area contributed by atoms with E-state index in [0.29, 0.717) is 6.07 Å². The van der Waals surface area contributed by atoms with Gasteiger partial charge in [-0.15, -0.1) is 0 Å². The number of benzene rings is 1. The quantitative estimate of drug-likeness (QED) is 0.730. The van der Waals surface area contributed by atoms with Crippen molar-refractivity contribution in [1.82, 2.24) is 0 Å². The van der Waals surface area contributed by atoms with Crippen LogP contribution < -0.4 is 10.9 Å². The maximum Gasteiger partial charge on any atom is 0.495 e. The lowest BCUT2D eigenvalue weighted by Crippen LogP contribution is -2.41. The van der Waals surface area contributed by atoms with Crippen molar-refractivity contribution >= 4 is 23.6 Å². The molecule has 2 N–H and O–H groups in total. The van der Waals surface area contributed by atoms with Gasteiger partial charge in [0, 0.05) is 0 Å². The Bertz CT molecular complexity index is 648. The summed E-state index contributed by atoms with van der Waals surface area (Å²) in [5.74, 6) is 0. The average Bonchev–Trinajstić information content (AvgIpc) is 2.27. The van der Waals surface area contributed by atoms with Crippen LogP contribution in [0.25, 0.3) is 11.0 Å². The first-order chi connectivity index (χ1) is 8.30. The van der Waals surface area contributed by atoms with E-state index in [-0.39, 0.29) is 11.0 Å². The summed E-state index contributed by atoms with van der Waals surface area (Å²) in [4.78, 5) is 11.7. The Kier molecular flexibility index (Phi) is 2.91. The van der Waals surface area contributed by atoms with Gasteiger partial charge in [0.15, 0.2) is 5.43 Å². The standard InChI is InChI=1S/C10H6BF3O4/c12-10(13,14)5-1-2-6-8(3-5)18-4-7(9(6)15)11(16)17/h1-4,16-17H. The van der Waals surface area contributed by atoms with Gasteiger partial charge in [-0.1, -0.05) is 0 Å². The first-order valence-corrected chi connectivity index (χ1v) is 4.79. The van der Waals surface area contributed by atoms with Gasteiger partial charge in [-0.3, -0.25) is 4.79 Å². The zero-order valence-corrected chi connectivity index (χ0v) is 8.73. The maximum absolute atomic E-state index is 12.4.